The van der Waals surface area contributed by atoms with Gasteiger partial charge in [-0.05, 0) is 30.9 Å². The van der Waals surface area contributed by atoms with Crippen LogP contribution in [-0.4, -0.2) is 12.1 Å². The van der Waals surface area contributed by atoms with Crippen LogP contribution in [0.4, 0.5) is 13.2 Å². The van der Waals surface area contributed by atoms with E-state index < -0.39 is 23.3 Å². The minimum Gasteiger partial charge on any atom is -0.451 e. The molecule has 0 aliphatic heterocycles. The predicted octanol–water partition coefficient (Wildman–Crippen LogP) is 3.51. The van der Waals surface area contributed by atoms with Crippen molar-refractivity contribution in [3.05, 3.63) is 47.5 Å². The summed E-state index contributed by atoms with van der Waals surface area (Å²) in [7, 11) is 0. The van der Waals surface area contributed by atoms with Gasteiger partial charge in [-0.25, -0.2) is 4.79 Å². The molecule has 1 aromatic rings. The normalized spacial score (nSPS) is 21.9. The molecule has 5 heteroatoms. The molecule has 0 N–H and O–H groups in total. The van der Waals surface area contributed by atoms with Gasteiger partial charge in [0, 0.05) is 0 Å². The fourth-order valence-electron chi connectivity index (χ4n) is 2.25. The van der Waals surface area contributed by atoms with Crippen molar-refractivity contribution in [2.45, 2.75) is 31.5 Å². The first-order valence-corrected chi connectivity index (χ1v) is 5.82. The van der Waals surface area contributed by atoms with Crippen LogP contribution in [0.15, 0.2) is 36.4 Å². The summed E-state index contributed by atoms with van der Waals surface area (Å²) in [6, 6.07) is 7.27. The Morgan fingerprint density at radius 3 is 2.63 bits per heavy atom. The van der Waals surface area contributed by atoms with E-state index in [0.29, 0.717) is 12.8 Å². The molecule has 2 rings (SSSR count). The highest BCUT2D eigenvalue weighted by Crippen LogP contribution is 2.40. The van der Waals surface area contributed by atoms with E-state index in [1.807, 2.05) is 12.1 Å². The van der Waals surface area contributed by atoms with Crippen LogP contribution in [-0.2, 0) is 21.6 Å². The quantitative estimate of drug-likeness (QED) is 0.607. The molecule has 19 heavy (non-hydrogen) atoms. The first-order valence-electron chi connectivity index (χ1n) is 5.82. The lowest BCUT2D eigenvalue weighted by Gasteiger charge is -2.26. The third kappa shape index (κ3) is 2.50. The van der Waals surface area contributed by atoms with Crippen molar-refractivity contribution >= 4 is 5.97 Å². The summed E-state index contributed by atoms with van der Waals surface area (Å²) in [6.45, 7) is 4.38. The van der Waals surface area contributed by atoms with Gasteiger partial charge >= 0.3 is 12.1 Å². The van der Waals surface area contributed by atoms with Gasteiger partial charge in [0.15, 0.2) is 0 Å². The monoisotopic (exact) mass is 270 g/mol. The Morgan fingerprint density at radius 1 is 1.37 bits per heavy atom. The van der Waals surface area contributed by atoms with E-state index in [1.165, 1.54) is 0 Å². The number of ether oxygens (including phenoxy) is 1. The Hall–Kier alpha value is -1.78. The average Bonchev–Trinajstić information content (AvgIpc) is 2.66. The van der Waals surface area contributed by atoms with E-state index in [4.69, 9.17) is 4.74 Å². The molecule has 1 atom stereocenters. The molecule has 0 fully saturated rings. The molecule has 0 amide bonds. The standard InChI is InChI=1S/C14H13F3O2/c1-9(14(15,16)17)12(18)19-13(2)8-7-10-5-3-4-6-11(10)13/h3-6H,1,7-8H2,2H3. The number of aryl methyl sites for hydroxylation is 1. The van der Waals surface area contributed by atoms with Gasteiger partial charge in [0.25, 0.3) is 0 Å². The fourth-order valence-corrected chi connectivity index (χ4v) is 2.25. The topological polar surface area (TPSA) is 26.3 Å². The number of alkyl halides is 3. The van der Waals surface area contributed by atoms with Crippen molar-refractivity contribution in [3.8, 4) is 0 Å². The van der Waals surface area contributed by atoms with Crippen molar-refractivity contribution < 1.29 is 22.7 Å². The molecule has 0 bridgehead atoms. The SMILES string of the molecule is C=C(C(=O)OC1(C)CCc2ccccc21)C(F)(F)F. The zero-order chi connectivity index (χ0) is 14.3. The van der Waals surface area contributed by atoms with Gasteiger partial charge < -0.3 is 4.74 Å². The summed E-state index contributed by atoms with van der Waals surface area (Å²) in [5.41, 5.74) is -0.728. The molecule has 1 aromatic carbocycles. The smallest absolute Gasteiger partial charge is 0.422 e. The van der Waals surface area contributed by atoms with Gasteiger partial charge in [-0.2, -0.15) is 13.2 Å². The second-order valence-corrected chi connectivity index (χ2v) is 4.75. The lowest BCUT2D eigenvalue weighted by Crippen LogP contribution is -2.30. The number of carbonyl (C=O) groups is 1. The molecule has 1 unspecified atom stereocenters. The largest absolute Gasteiger partial charge is 0.451 e. The molecule has 0 spiro atoms. The molecule has 102 valence electrons. The minimum absolute atomic E-state index is 0.475. The van der Waals surface area contributed by atoms with E-state index in [9.17, 15) is 18.0 Å². The second-order valence-electron chi connectivity index (χ2n) is 4.75. The van der Waals surface area contributed by atoms with Gasteiger partial charge in [0.05, 0.1) is 0 Å². The van der Waals surface area contributed by atoms with Gasteiger partial charge in [-0.15, -0.1) is 0 Å². The van der Waals surface area contributed by atoms with Gasteiger partial charge in [0.2, 0.25) is 0 Å². The van der Waals surface area contributed by atoms with Gasteiger partial charge in [0.1, 0.15) is 11.2 Å². The van der Waals surface area contributed by atoms with Crippen molar-refractivity contribution in [3.63, 3.8) is 0 Å². The molecule has 0 saturated heterocycles. The summed E-state index contributed by atoms with van der Waals surface area (Å²) in [5, 5.41) is 0. The molecule has 2 nitrogen and oxygen atoms in total. The molecule has 0 heterocycles. The molecular formula is C14H13F3O2. The Bertz CT molecular complexity index is 534. The maximum atomic E-state index is 12.4. The van der Waals surface area contributed by atoms with E-state index in [1.54, 1.807) is 19.1 Å². The van der Waals surface area contributed by atoms with Crippen LogP contribution in [0.3, 0.4) is 0 Å². The number of hydrogen-bond donors (Lipinski definition) is 0. The summed E-state index contributed by atoms with van der Waals surface area (Å²) in [6.07, 6.45) is -3.60. The van der Waals surface area contributed by atoms with E-state index in [0.717, 1.165) is 11.1 Å². The molecule has 0 saturated carbocycles. The Kier molecular flexibility index (Phi) is 3.16. The van der Waals surface area contributed by atoms with Crippen LogP contribution in [0.1, 0.15) is 24.5 Å². The number of rotatable bonds is 2. The third-order valence-corrected chi connectivity index (χ3v) is 3.37. The first-order chi connectivity index (χ1) is 8.74. The van der Waals surface area contributed by atoms with Crippen molar-refractivity contribution in [1.29, 1.82) is 0 Å². The van der Waals surface area contributed by atoms with Crippen molar-refractivity contribution in [2.75, 3.05) is 0 Å². The zero-order valence-corrected chi connectivity index (χ0v) is 10.4. The van der Waals surface area contributed by atoms with E-state index in [2.05, 4.69) is 6.58 Å². The summed E-state index contributed by atoms with van der Waals surface area (Å²) >= 11 is 0. The van der Waals surface area contributed by atoms with Crippen LogP contribution in [0.5, 0.6) is 0 Å². The number of hydrogen-bond acceptors (Lipinski definition) is 2. The molecular weight excluding hydrogens is 257 g/mol. The number of benzene rings is 1. The first kappa shape index (κ1) is 13.6. The summed E-state index contributed by atoms with van der Waals surface area (Å²) < 4.78 is 42.2. The third-order valence-electron chi connectivity index (χ3n) is 3.37. The highest BCUT2D eigenvalue weighted by molar-refractivity contribution is 5.89. The molecule has 0 aromatic heterocycles. The minimum atomic E-state index is -4.76. The van der Waals surface area contributed by atoms with Gasteiger partial charge in [-0.3, -0.25) is 0 Å². The number of carbonyl (C=O) groups excluding carboxylic acids is 1. The number of halogens is 3. The lowest BCUT2D eigenvalue weighted by atomic mass is 9.98. The van der Waals surface area contributed by atoms with E-state index in [-0.39, 0.29) is 0 Å². The second kappa shape index (κ2) is 4.40. The predicted molar refractivity (Wildman–Crippen MR) is 63.4 cm³/mol. The van der Waals surface area contributed by atoms with Crippen LogP contribution in [0.25, 0.3) is 0 Å². The molecule has 1 aliphatic carbocycles. The van der Waals surface area contributed by atoms with Crippen LogP contribution >= 0.6 is 0 Å². The average molecular weight is 270 g/mol. The highest BCUT2D eigenvalue weighted by atomic mass is 19.4. The summed E-state index contributed by atoms with van der Waals surface area (Å²) in [5.74, 6) is -1.41. The lowest BCUT2D eigenvalue weighted by molar-refractivity contribution is -0.164. The number of fused-ring (bicyclic) bond motifs is 1. The van der Waals surface area contributed by atoms with Crippen LogP contribution in [0, 0.1) is 0 Å². The fraction of sp³-hybridized carbons (Fsp3) is 0.357. The Balaban J connectivity index is 2.21. The van der Waals surface area contributed by atoms with Crippen molar-refractivity contribution in [1.82, 2.24) is 0 Å². The van der Waals surface area contributed by atoms with Gasteiger partial charge in [-0.1, -0.05) is 30.8 Å². The Morgan fingerprint density at radius 2 is 2.00 bits per heavy atom. The van der Waals surface area contributed by atoms with Crippen LogP contribution < -0.4 is 0 Å². The van der Waals surface area contributed by atoms with Crippen molar-refractivity contribution in [2.24, 2.45) is 0 Å². The van der Waals surface area contributed by atoms with Crippen LogP contribution in [0.2, 0.25) is 0 Å². The summed E-state index contributed by atoms with van der Waals surface area (Å²) in [4.78, 5) is 11.5. The number of esters is 1. The maximum Gasteiger partial charge on any atom is 0.422 e. The highest BCUT2D eigenvalue weighted by Gasteiger charge is 2.43. The molecule has 0 radical (unpaired) electrons. The maximum absolute atomic E-state index is 12.4. The molecule has 1 aliphatic rings. The zero-order valence-electron chi connectivity index (χ0n) is 10.4. The van der Waals surface area contributed by atoms with E-state index >= 15 is 0 Å². The Labute approximate surface area is 108 Å².